The van der Waals surface area contributed by atoms with E-state index < -0.39 is 18.3 Å². The van der Waals surface area contributed by atoms with E-state index in [-0.39, 0.29) is 36.1 Å². The Balaban J connectivity index is 2.07. The third kappa shape index (κ3) is 4.21. The standard InChI is InChI=1S/C9H14N5O6PS/c10-9-12-7-6(8(16)13-9)11-4-14(7)20-2-5(1-15)3-22-21(17,18)19/h4-5,15H,1-3H2,(H2,17,18,19)(H3,10,12,13,16). The van der Waals surface area contributed by atoms with Gasteiger partial charge in [0.25, 0.3) is 5.56 Å². The molecule has 0 radical (unpaired) electrons. The van der Waals surface area contributed by atoms with Gasteiger partial charge in [-0.1, -0.05) is 0 Å². The molecule has 0 fully saturated rings. The first-order valence-electron chi connectivity index (χ1n) is 5.97. The van der Waals surface area contributed by atoms with Crippen LogP contribution in [0.2, 0.25) is 0 Å². The van der Waals surface area contributed by atoms with Gasteiger partial charge in [-0.15, -0.1) is 0 Å². The van der Waals surface area contributed by atoms with E-state index >= 15 is 0 Å². The van der Waals surface area contributed by atoms with Crippen LogP contribution in [0.1, 0.15) is 0 Å². The Bertz CT molecular complexity index is 757. The molecule has 0 bridgehead atoms. The van der Waals surface area contributed by atoms with Gasteiger partial charge < -0.3 is 25.5 Å². The van der Waals surface area contributed by atoms with Crippen LogP contribution in [0.3, 0.4) is 0 Å². The maximum Gasteiger partial charge on any atom is 0.383 e. The van der Waals surface area contributed by atoms with Crippen LogP contribution < -0.4 is 16.1 Å². The average Bonchev–Trinajstić information content (AvgIpc) is 2.81. The lowest BCUT2D eigenvalue weighted by Crippen LogP contribution is -2.24. The number of rotatable bonds is 7. The normalized spacial score (nSPS) is 13.4. The highest BCUT2D eigenvalue weighted by Gasteiger charge is 2.19. The zero-order chi connectivity index (χ0) is 16.3. The first kappa shape index (κ1) is 16.8. The second-order valence-electron chi connectivity index (χ2n) is 4.32. The molecule has 0 aliphatic rings. The zero-order valence-corrected chi connectivity index (χ0v) is 12.8. The van der Waals surface area contributed by atoms with Gasteiger partial charge >= 0.3 is 6.80 Å². The predicted molar refractivity (Wildman–Crippen MR) is 79.1 cm³/mol. The summed E-state index contributed by atoms with van der Waals surface area (Å²) in [5, 5.41) is 9.19. The molecule has 1 atom stereocenters. The summed E-state index contributed by atoms with van der Waals surface area (Å²) in [6.07, 6.45) is 1.22. The fraction of sp³-hybridized carbons (Fsp3) is 0.444. The van der Waals surface area contributed by atoms with Gasteiger partial charge in [-0.25, -0.2) is 9.55 Å². The van der Waals surface area contributed by atoms with Crippen molar-refractivity contribution in [2.45, 2.75) is 0 Å². The fourth-order valence-corrected chi connectivity index (χ4v) is 3.36. The van der Waals surface area contributed by atoms with Crippen LogP contribution in [-0.2, 0) is 4.57 Å². The van der Waals surface area contributed by atoms with Gasteiger partial charge in [0, 0.05) is 11.7 Å². The van der Waals surface area contributed by atoms with Crippen molar-refractivity contribution < 1.29 is 24.3 Å². The minimum atomic E-state index is -4.21. The van der Waals surface area contributed by atoms with Crippen molar-refractivity contribution in [3.05, 3.63) is 16.7 Å². The molecule has 0 spiro atoms. The molecule has 0 saturated carbocycles. The SMILES string of the molecule is Nc1nc2c(ncn2OCC(CO)CSP(=O)(O)O)c(=O)[nH]1. The lowest BCUT2D eigenvalue weighted by atomic mass is 10.2. The number of imidazole rings is 1. The number of aliphatic hydroxyl groups is 1. The number of hydrogen-bond donors (Lipinski definition) is 5. The largest absolute Gasteiger partial charge is 0.410 e. The summed E-state index contributed by atoms with van der Waals surface area (Å²) in [5.41, 5.74) is 5.08. The van der Waals surface area contributed by atoms with Crippen molar-refractivity contribution in [2.75, 3.05) is 24.7 Å². The molecule has 13 heteroatoms. The molecule has 0 amide bonds. The first-order valence-corrected chi connectivity index (χ1v) is 9.17. The number of nitrogens with zero attached hydrogens (tertiary/aromatic N) is 3. The number of hydrogen-bond acceptors (Lipinski definition) is 8. The van der Waals surface area contributed by atoms with Gasteiger partial charge in [-0.3, -0.25) is 9.78 Å². The van der Waals surface area contributed by atoms with Crippen molar-refractivity contribution in [2.24, 2.45) is 5.92 Å². The number of nitrogens with two attached hydrogens (primary N) is 1. The van der Waals surface area contributed by atoms with E-state index in [0.717, 1.165) is 4.73 Å². The van der Waals surface area contributed by atoms with Gasteiger partial charge in [0.15, 0.2) is 5.52 Å². The number of aromatic amines is 1. The highest BCUT2D eigenvalue weighted by molar-refractivity contribution is 8.54. The van der Waals surface area contributed by atoms with Crippen molar-refractivity contribution in [3.8, 4) is 0 Å². The van der Waals surface area contributed by atoms with E-state index in [1.807, 2.05) is 0 Å². The number of aliphatic hydroxyl groups excluding tert-OH is 1. The maximum absolute atomic E-state index is 11.6. The van der Waals surface area contributed by atoms with E-state index in [4.69, 9.17) is 20.4 Å². The predicted octanol–water partition coefficient (Wildman–Crippen LogP) is -1.44. The fourth-order valence-electron chi connectivity index (χ4n) is 1.54. The minimum Gasteiger partial charge on any atom is -0.410 e. The molecular formula is C9H14N5O6PS. The second kappa shape index (κ2) is 6.67. The van der Waals surface area contributed by atoms with Crippen LogP contribution in [-0.4, -0.2) is 53.5 Å². The summed E-state index contributed by atoms with van der Waals surface area (Å²) in [4.78, 5) is 44.5. The third-order valence-electron chi connectivity index (χ3n) is 2.58. The molecule has 122 valence electrons. The van der Waals surface area contributed by atoms with E-state index in [1.54, 1.807) is 0 Å². The molecule has 2 aromatic rings. The first-order chi connectivity index (χ1) is 10.3. The number of H-pyrrole nitrogens is 1. The molecule has 0 aliphatic heterocycles. The minimum absolute atomic E-state index is 0.00353. The lowest BCUT2D eigenvalue weighted by Gasteiger charge is -2.15. The van der Waals surface area contributed by atoms with Crippen LogP contribution in [0.4, 0.5) is 5.95 Å². The summed E-state index contributed by atoms with van der Waals surface area (Å²) in [6.45, 7) is -4.59. The van der Waals surface area contributed by atoms with Crippen LogP contribution in [0.15, 0.2) is 11.1 Å². The molecule has 0 saturated heterocycles. The number of fused-ring (bicyclic) bond motifs is 1. The van der Waals surface area contributed by atoms with E-state index in [2.05, 4.69) is 15.0 Å². The van der Waals surface area contributed by atoms with Gasteiger partial charge in [0.1, 0.15) is 12.9 Å². The Labute approximate surface area is 127 Å². The summed E-state index contributed by atoms with van der Waals surface area (Å²) in [5.74, 6) is -0.614. The molecule has 2 heterocycles. The molecule has 2 rings (SSSR count). The molecular weight excluding hydrogens is 337 g/mol. The van der Waals surface area contributed by atoms with Crippen molar-refractivity contribution >= 4 is 35.3 Å². The number of anilines is 1. The lowest BCUT2D eigenvalue weighted by molar-refractivity contribution is 0.0716. The van der Waals surface area contributed by atoms with Crippen LogP contribution >= 0.6 is 18.2 Å². The molecule has 22 heavy (non-hydrogen) atoms. The summed E-state index contributed by atoms with van der Waals surface area (Å²) < 4.78 is 11.9. The monoisotopic (exact) mass is 351 g/mol. The smallest absolute Gasteiger partial charge is 0.383 e. The summed E-state index contributed by atoms with van der Waals surface area (Å²) in [7, 11) is 0. The van der Waals surface area contributed by atoms with Gasteiger partial charge in [0.2, 0.25) is 11.6 Å². The zero-order valence-electron chi connectivity index (χ0n) is 11.1. The average molecular weight is 351 g/mol. The maximum atomic E-state index is 11.6. The highest BCUT2D eigenvalue weighted by atomic mass is 32.7. The van der Waals surface area contributed by atoms with E-state index in [1.165, 1.54) is 6.33 Å². The topological polar surface area (TPSA) is 177 Å². The number of nitrogen functional groups attached to an aromatic ring is 1. The molecule has 0 aromatic carbocycles. The van der Waals surface area contributed by atoms with E-state index in [0.29, 0.717) is 11.4 Å². The molecule has 1 unspecified atom stereocenters. The van der Waals surface area contributed by atoms with Gasteiger partial charge in [-0.2, -0.15) is 9.71 Å². The molecule has 0 aliphatic carbocycles. The molecule has 11 nitrogen and oxygen atoms in total. The van der Waals surface area contributed by atoms with Gasteiger partial charge in [-0.05, 0) is 11.4 Å². The second-order valence-corrected chi connectivity index (χ2v) is 8.10. The van der Waals surface area contributed by atoms with Crippen LogP contribution in [0.25, 0.3) is 11.2 Å². The molecule has 6 N–H and O–H groups in total. The molecule has 2 aromatic heterocycles. The van der Waals surface area contributed by atoms with Crippen LogP contribution in [0.5, 0.6) is 0 Å². The van der Waals surface area contributed by atoms with Crippen molar-refractivity contribution in [3.63, 3.8) is 0 Å². The Morgan fingerprint density at radius 1 is 1.55 bits per heavy atom. The summed E-state index contributed by atoms with van der Waals surface area (Å²) in [6, 6.07) is 0. The third-order valence-corrected chi connectivity index (χ3v) is 4.99. The van der Waals surface area contributed by atoms with E-state index in [9.17, 15) is 14.5 Å². The number of nitrogens with one attached hydrogen (secondary N) is 1. The number of aromatic nitrogens is 4. The highest BCUT2D eigenvalue weighted by Crippen LogP contribution is 2.50. The Morgan fingerprint density at radius 3 is 2.91 bits per heavy atom. The summed E-state index contributed by atoms with van der Waals surface area (Å²) >= 11 is 0.423. The Hall–Kier alpha value is -1.59. The Morgan fingerprint density at radius 2 is 2.27 bits per heavy atom. The quantitative estimate of drug-likeness (QED) is 0.371. The van der Waals surface area contributed by atoms with Crippen LogP contribution in [0, 0.1) is 5.92 Å². The Kier molecular flexibility index (Phi) is 5.08. The van der Waals surface area contributed by atoms with Crippen molar-refractivity contribution in [1.29, 1.82) is 0 Å². The van der Waals surface area contributed by atoms with Gasteiger partial charge in [0.05, 0.1) is 6.61 Å². The van der Waals surface area contributed by atoms with Crippen molar-refractivity contribution in [1.82, 2.24) is 19.7 Å².